The molecule has 3 aromatic carbocycles. The molecule has 9 heteroatoms. The van der Waals surface area contributed by atoms with Gasteiger partial charge in [-0.05, 0) is 66.6 Å². The Morgan fingerprint density at radius 2 is 1.78 bits per heavy atom. The maximum Gasteiger partial charge on any atom is 0.335 e. The second-order valence-corrected chi connectivity index (χ2v) is 9.10. The second-order valence-electron chi connectivity index (χ2n) is 7.84. The molecule has 3 aromatic rings. The summed E-state index contributed by atoms with van der Waals surface area (Å²) in [5.74, 6) is -0.435. The summed E-state index contributed by atoms with van der Waals surface area (Å²) in [5.41, 5.74) is 2.36. The van der Waals surface area contributed by atoms with Gasteiger partial charge in [-0.1, -0.05) is 45.7 Å². The molecule has 0 aromatic heterocycles. The number of benzene rings is 3. The van der Waals surface area contributed by atoms with Crippen molar-refractivity contribution in [3.63, 3.8) is 0 Å². The number of barbiturate groups is 1. The average Bonchev–Trinajstić information content (AvgIpc) is 2.85. The lowest BCUT2D eigenvalue weighted by atomic mass is 10.0. The molecule has 7 nitrogen and oxygen atoms in total. The summed E-state index contributed by atoms with van der Waals surface area (Å²) in [6, 6.07) is 16.8. The molecule has 36 heavy (non-hydrogen) atoms. The van der Waals surface area contributed by atoms with Gasteiger partial charge in [0.2, 0.25) is 0 Å². The first-order valence-corrected chi connectivity index (χ1v) is 12.2. The van der Waals surface area contributed by atoms with Crippen molar-refractivity contribution in [2.24, 2.45) is 0 Å². The monoisotopic (exact) mass is 568 g/mol. The van der Waals surface area contributed by atoms with Crippen molar-refractivity contribution in [1.29, 1.82) is 0 Å². The van der Waals surface area contributed by atoms with Crippen molar-refractivity contribution in [2.75, 3.05) is 18.6 Å². The van der Waals surface area contributed by atoms with E-state index in [1.54, 1.807) is 36.4 Å². The van der Waals surface area contributed by atoms with Crippen molar-refractivity contribution < 1.29 is 23.9 Å². The lowest BCUT2D eigenvalue weighted by Gasteiger charge is -2.26. The number of nitrogens with zero attached hydrogens (tertiary/aromatic N) is 1. The van der Waals surface area contributed by atoms with Crippen LogP contribution in [-0.4, -0.2) is 31.6 Å². The largest absolute Gasteiger partial charge is 0.496 e. The number of hydrogen-bond acceptors (Lipinski definition) is 5. The van der Waals surface area contributed by atoms with Crippen molar-refractivity contribution >= 4 is 57.1 Å². The van der Waals surface area contributed by atoms with Crippen LogP contribution in [0.1, 0.15) is 23.6 Å². The van der Waals surface area contributed by atoms with E-state index in [-0.39, 0.29) is 5.57 Å². The summed E-state index contributed by atoms with van der Waals surface area (Å²) in [7, 11) is 1.52. The van der Waals surface area contributed by atoms with E-state index in [9.17, 15) is 14.4 Å². The Balaban J connectivity index is 1.67. The summed E-state index contributed by atoms with van der Waals surface area (Å²) in [5, 5.41) is 2.64. The van der Waals surface area contributed by atoms with Gasteiger partial charge in [-0.2, -0.15) is 0 Å². The minimum atomic E-state index is -0.828. The number of carbonyl (C=O) groups excluding carboxylic acids is 3. The molecule has 1 aliphatic rings. The molecular formula is C27H22BrClN2O5. The van der Waals surface area contributed by atoms with Gasteiger partial charge in [0, 0.05) is 21.5 Å². The van der Waals surface area contributed by atoms with E-state index in [1.807, 2.05) is 31.2 Å². The molecule has 184 valence electrons. The van der Waals surface area contributed by atoms with Gasteiger partial charge in [0.15, 0.2) is 0 Å². The Hall–Kier alpha value is -3.62. The number of methoxy groups -OCH3 is 1. The minimum Gasteiger partial charge on any atom is -0.496 e. The summed E-state index contributed by atoms with van der Waals surface area (Å²) in [6.45, 7) is 2.34. The molecule has 0 aliphatic carbocycles. The summed E-state index contributed by atoms with van der Waals surface area (Å²) >= 11 is 10.2. The van der Waals surface area contributed by atoms with Gasteiger partial charge in [-0.25, -0.2) is 9.69 Å². The molecule has 0 spiro atoms. The maximum atomic E-state index is 13.2. The van der Waals surface area contributed by atoms with Gasteiger partial charge in [0.1, 0.15) is 17.1 Å². The molecule has 1 fully saturated rings. The van der Waals surface area contributed by atoms with E-state index in [2.05, 4.69) is 21.2 Å². The summed E-state index contributed by atoms with van der Waals surface area (Å²) in [6.07, 6.45) is 1.90. The smallest absolute Gasteiger partial charge is 0.335 e. The molecule has 0 bridgehead atoms. The van der Waals surface area contributed by atoms with Gasteiger partial charge in [-0.3, -0.25) is 14.9 Å². The number of urea groups is 1. The second kappa shape index (κ2) is 11.0. The number of carbonyl (C=O) groups is 3. The Labute approximate surface area is 221 Å². The van der Waals surface area contributed by atoms with E-state index < -0.39 is 17.8 Å². The SMILES string of the molecule is CCOc1ccc(N2C(=O)NC(=O)/C(=C\c3cc(Cl)c(Cc4ccccc4Br)c(OC)c3)C2=O)cc1. The molecule has 4 rings (SSSR count). The van der Waals surface area contributed by atoms with Crippen molar-refractivity contribution in [3.8, 4) is 11.5 Å². The fourth-order valence-corrected chi connectivity index (χ4v) is 4.53. The fraction of sp³-hybridized carbons (Fsp3) is 0.148. The van der Waals surface area contributed by atoms with Gasteiger partial charge in [0.05, 0.1) is 19.4 Å². The van der Waals surface area contributed by atoms with Crippen LogP contribution in [0.2, 0.25) is 5.02 Å². The van der Waals surface area contributed by atoms with Crippen molar-refractivity contribution in [2.45, 2.75) is 13.3 Å². The number of halogens is 2. The zero-order valence-corrected chi connectivity index (χ0v) is 21.9. The van der Waals surface area contributed by atoms with Crippen LogP contribution in [-0.2, 0) is 16.0 Å². The third kappa shape index (κ3) is 5.29. The molecule has 1 saturated heterocycles. The molecule has 1 N–H and O–H groups in total. The third-order valence-corrected chi connectivity index (χ3v) is 6.65. The first-order valence-electron chi connectivity index (χ1n) is 11.1. The molecule has 0 atom stereocenters. The standard InChI is InChI=1S/C27H22BrClN2O5/c1-3-36-19-10-8-18(9-11-19)31-26(33)21(25(32)30-27(31)34)12-16-13-23(29)20(24(14-16)35-2)15-17-6-4-5-7-22(17)28/h4-14H,3,15H2,1-2H3,(H,30,32,34)/b21-12+. The fourth-order valence-electron chi connectivity index (χ4n) is 3.82. The normalized spacial score (nSPS) is 14.7. The van der Waals surface area contributed by atoms with Crippen LogP contribution >= 0.6 is 27.5 Å². The maximum absolute atomic E-state index is 13.2. The van der Waals surface area contributed by atoms with Gasteiger partial charge < -0.3 is 9.47 Å². The number of nitrogens with one attached hydrogen (secondary N) is 1. The first-order chi connectivity index (χ1) is 17.3. The minimum absolute atomic E-state index is 0.208. The Morgan fingerprint density at radius 3 is 2.44 bits per heavy atom. The van der Waals surface area contributed by atoms with Crippen LogP contribution in [0.15, 0.2) is 70.7 Å². The van der Waals surface area contributed by atoms with E-state index in [1.165, 1.54) is 13.2 Å². The van der Waals surface area contributed by atoms with Crippen LogP contribution in [0.3, 0.4) is 0 Å². The molecule has 0 radical (unpaired) electrons. The zero-order valence-electron chi connectivity index (χ0n) is 19.5. The number of ether oxygens (including phenoxy) is 2. The highest BCUT2D eigenvalue weighted by atomic mass is 79.9. The number of rotatable bonds is 7. The van der Waals surface area contributed by atoms with Gasteiger partial charge >= 0.3 is 6.03 Å². The van der Waals surface area contributed by atoms with E-state index in [0.29, 0.717) is 40.8 Å². The van der Waals surface area contributed by atoms with Crippen LogP contribution < -0.4 is 19.7 Å². The van der Waals surface area contributed by atoms with Crippen molar-refractivity contribution in [3.05, 3.63) is 92.4 Å². The summed E-state index contributed by atoms with van der Waals surface area (Å²) < 4.78 is 11.9. The molecule has 1 heterocycles. The molecule has 0 saturated carbocycles. The third-order valence-electron chi connectivity index (χ3n) is 5.54. The Morgan fingerprint density at radius 1 is 1.06 bits per heavy atom. The number of imide groups is 2. The summed E-state index contributed by atoms with van der Waals surface area (Å²) in [4.78, 5) is 39.2. The Bertz CT molecular complexity index is 1370. The lowest BCUT2D eigenvalue weighted by Crippen LogP contribution is -2.54. The molecule has 1 aliphatic heterocycles. The van der Waals surface area contributed by atoms with Gasteiger partial charge in [0.25, 0.3) is 11.8 Å². The van der Waals surface area contributed by atoms with Crippen molar-refractivity contribution in [1.82, 2.24) is 5.32 Å². The highest BCUT2D eigenvalue weighted by Gasteiger charge is 2.36. The quantitative estimate of drug-likeness (QED) is 0.289. The highest BCUT2D eigenvalue weighted by molar-refractivity contribution is 9.10. The number of amides is 4. The lowest BCUT2D eigenvalue weighted by molar-refractivity contribution is -0.122. The van der Waals surface area contributed by atoms with Crippen LogP contribution in [0.25, 0.3) is 6.08 Å². The van der Waals surface area contributed by atoms with E-state index >= 15 is 0 Å². The molecular weight excluding hydrogens is 548 g/mol. The molecule has 0 unspecified atom stereocenters. The topological polar surface area (TPSA) is 84.9 Å². The van der Waals surface area contributed by atoms with Crippen LogP contribution in [0.4, 0.5) is 10.5 Å². The predicted octanol–water partition coefficient (Wildman–Crippen LogP) is 5.77. The predicted molar refractivity (Wildman–Crippen MR) is 142 cm³/mol. The number of anilines is 1. The average molecular weight is 570 g/mol. The van der Waals surface area contributed by atoms with E-state index in [4.69, 9.17) is 21.1 Å². The molecule has 4 amide bonds. The Kier molecular flexibility index (Phi) is 7.76. The zero-order chi connectivity index (χ0) is 25.8. The van der Waals surface area contributed by atoms with Gasteiger partial charge in [-0.15, -0.1) is 0 Å². The first kappa shape index (κ1) is 25.5. The number of hydrogen-bond donors (Lipinski definition) is 1. The van der Waals surface area contributed by atoms with Crippen LogP contribution in [0.5, 0.6) is 11.5 Å². The van der Waals surface area contributed by atoms with Crippen LogP contribution in [0, 0.1) is 0 Å². The highest BCUT2D eigenvalue weighted by Crippen LogP contribution is 2.34. The van der Waals surface area contributed by atoms with E-state index in [0.717, 1.165) is 20.5 Å².